The lowest BCUT2D eigenvalue weighted by atomic mass is 9.87. The maximum atomic E-state index is 12.7. The molecular formula is C20H21N3O3. The number of carbonyl (C=O) groups is 2. The second-order valence-corrected chi connectivity index (χ2v) is 6.98. The Kier molecular flexibility index (Phi) is 4.00. The molecule has 2 unspecified atom stereocenters. The quantitative estimate of drug-likeness (QED) is 0.902. The number of anilines is 1. The van der Waals surface area contributed by atoms with E-state index in [4.69, 9.17) is 4.74 Å². The van der Waals surface area contributed by atoms with Crippen molar-refractivity contribution in [1.82, 2.24) is 9.88 Å². The van der Waals surface area contributed by atoms with E-state index in [-0.39, 0.29) is 11.8 Å². The van der Waals surface area contributed by atoms with Gasteiger partial charge in [0.05, 0.1) is 24.0 Å². The Balaban J connectivity index is 1.57. The molecule has 134 valence electrons. The van der Waals surface area contributed by atoms with Crippen LogP contribution in [-0.2, 0) is 26.4 Å². The number of rotatable bonds is 2. The Hall–Kier alpha value is -2.73. The van der Waals surface area contributed by atoms with Gasteiger partial charge in [0.2, 0.25) is 5.91 Å². The molecule has 1 aromatic carbocycles. The summed E-state index contributed by atoms with van der Waals surface area (Å²) < 4.78 is 5.86. The highest BCUT2D eigenvalue weighted by Crippen LogP contribution is 2.46. The van der Waals surface area contributed by atoms with Crippen LogP contribution in [0.1, 0.15) is 30.2 Å². The van der Waals surface area contributed by atoms with E-state index in [1.165, 1.54) is 0 Å². The van der Waals surface area contributed by atoms with Crippen LogP contribution in [0.3, 0.4) is 0 Å². The molecule has 1 fully saturated rings. The topological polar surface area (TPSA) is 71.5 Å². The van der Waals surface area contributed by atoms with Gasteiger partial charge < -0.3 is 15.0 Å². The van der Waals surface area contributed by atoms with Crippen molar-refractivity contribution in [3.8, 4) is 0 Å². The van der Waals surface area contributed by atoms with Gasteiger partial charge in [0.1, 0.15) is 6.10 Å². The molecule has 2 aliphatic heterocycles. The van der Waals surface area contributed by atoms with Gasteiger partial charge in [-0.3, -0.25) is 14.6 Å². The monoisotopic (exact) mass is 351 g/mol. The van der Waals surface area contributed by atoms with Gasteiger partial charge >= 0.3 is 0 Å². The molecule has 4 rings (SSSR count). The third kappa shape index (κ3) is 2.66. The predicted molar refractivity (Wildman–Crippen MR) is 96.3 cm³/mol. The molecule has 6 nitrogen and oxygen atoms in total. The number of carbonyl (C=O) groups excluding carboxylic acids is 2. The fourth-order valence-electron chi connectivity index (χ4n) is 3.96. The smallest absolute Gasteiger partial charge is 0.253 e. The van der Waals surface area contributed by atoms with Crippen LogP contribution in [0.4, 0.5) is 5.69 Å². The number of aromatic nitrogens is 1. The van der Waals surface area contributed by atoms with Gasteiger partial charge in [0.25, 0.3) is 5.91 Å². The molecule has 6 heteroatoms. The summed E-state index contributed by atoms with van der Waals surface area (Å²) in [6, 6.07) is 11.7. The molecule has 0 aliphatic carbocycles. The van der Waals surface area contributed by atoms with Crippen LogP contribution in [0.15, 0.2) is 42.6 Å². The molecule has 0 bridgehead atoms. The molecule has 1 spiro atoms. The Morgan fingerprint density at radius 3 is 2.81 bits per heavy atom. The molecule has 2 atom stereocenters. The fourth-order valence-corrected chi connectivity index (χ4v) is 3.96. The third-order valence-electron chi connectivity index (χ3n) is 5.26. The first-order valence-electron chi connectivity index (χ1n) is 8.71. The number of amides is 2. The van der Waals surface area contributed by atoms with Crippen LogP contribution >= 0.6 is 0 Å². The first-order valence-corrected chi connectivity index (χ1v) is 8.71. The zero-order valence-corrected chi connectivity index (χ0v) is 14.9. The van der Waals surface area contributed by atoms with Crippen LogP contribution in [0, 0.1) is 6.92 Å². The lowest BCUT2D eigenvalue weighted by molar-refractivity contribution is -0.135. The molecule has 3 heterocycles. The lowest BCUT2D eigenvalue weighted by Crippen LogP contribution is -2.44. The largest absolute Gasteiger partial charge is 0.365 e. The molecule has 0 radical (unpaired) electrons. The van der Waals surface area contributed by atoms with E-state index in [0.29, 0.717) is 25.3 Å². The number of nitrogens with one attached hydrogen (secondary N) is 1. The summed E-state index contributed by atoms with van der Waals surface area (Å²) in [5, 5.41) is 2.86. The highest BCUT2D eigenvalue weighted by atomic mass is 16.5. The Labute approximate surface area is 152 Å². The molecule has 26 heavy (non-hydrogen) atoms. The zero-order chi connectivity index (χ0) is 18.3. The molecule has 2 aliphatic rings. The van der Waals surface area contributed by atoms with Crippen LogP contribution in [0.5, 0.6) is 0 Å². The zero-order valence-electron chi connectivity index (χ0n) is 14.9. The van der Waals surface area contributed by atoms with Crippen LogP contribution in [-0.4, -0.2) is 34.4 Å². The molecule has 1 N–H and O–H groups in total. The highest BCUT2D eigenvalue weighted by Gasteiger charge is 2.53. The fraction of sp³-hybridized carbons (Fsp3) is 0.350. The van der Waals surface area contributed by atoms with Gasteiger partial charge in [-0.2, -0.15) is 0 Å². The van der Waals surface area contributed by atoms with Gasteiger partial charge in [-0.25, -0.2) is 0 Å². The number of fused-ring (bicyclic) bond motifs is 2. The van der Waals surface area contributed by atoms with Crippen molar-refractivity contribution in [2.24, 2.45) is 0 Å². The first-order chi connectivity index (χ1) is 12.5. The highest BCUT2D eigenvalue weighted by molar-refractivity contribution is 5.94. The van der Waals surface area contributed by atoms with Crippen molar-refractivity contribution in [1.29, 1.82) is 0 Å². The van der Waals surface area contributed by atoms with Gasteiger partial charge in [-0.15, -0.1) is 0 Å². The average molecular weight is 351 g/mol. The Morgan fingerprint density at radius 2 is 2.08 bits per heavy atom. The normalized spacial score (nSPS) is 23.9. The van der Waals surface area contributed by atoms with Gasteiger partial charge in [-0.1, -0.05) is 24.3 Å². The summed E-state index contributed by atoms with van der Waals surface area (Å²) in [6.45, 7) is 4.35. The minimum absolute atomic E-state index is 0.00593. The van der Waals surface area contributed by atoms with Gasteiger partial charge in [-0.05, 0) is 30.2 Å². The number of hydrogen-bond donors (Lipinski definition) is 1. The van der Waals surface area contributed by atoms with E-state index in [0.717, 1.165) is 16.8 Å². The van der Waals surface area contributed by atoms with Gasteiger partial charge in [0, 0.05) is 25.6 Å². The lowest BCUT2D eigenvalue weighted by Gasteiger charge is -2.34. The molecular weight excluding hydrogens is 330 g/mol. The second kappa shape index (κ2) is 6.21. The average Bonchev–Trinajstić information content (AvgIpc) is 3.21. The van der Waals surface area contributed by atoms with Gasteiger partial charge in [0.15, 0.2) is 0 Å². The standard InChI is InChI=1S/C20H21N3O3/c1-13-7-8-16(10-21-13)22-19(25)18-9-20(12-26-18)17-6-4-3-5-15(17)11-23(20)14(2)24/h3-8,10,18H,9,11-12H2,1-2H3,(H,22,25). The number of pyridine rings is 1. The third-order valence-corrected chi connectivity index (χ3v) is 5.26. The number of nitrogens with zero attached hydrogens (tertiary/aromatic N) is 2. The van der Waals surface area contributed by atoms with E-state index in [2.05, 4.69) is 10.3 Å². The van der Waals surface area contributed by atoms with Crippen molar-refractivity contribution in [3.63, 3.8) is 0 Å². The molecule has 1 aromatic heterocycles. The number of aryl methyl sites for hydroxylation is 1. The Morgan fingerprint density at radius 1 is 1.27 bits per heavy atom. The van der Waals surface area contributed by atoms with Crippen LogP contribution in [0.25, 0.3) is 0 Å². The van der Waals surface area contributed by atoms with E-state index in [9.17, 15) is 9.59 Å². The summed E-state index contributed by atoms with van der Waals surface area (Å²) in [5.41, 5.74) is 3.17. The molecule has 1 saturated heterocycles. The van der Waals surface area contributed by atoms with Crippen molar-refractivity contribution in [3.05, 3.63) is 59.4 Å². The number of benzene rings is 1. The summed E-state index contributed by atoms with van der Waals surface area (Å²) in [4.78, 5) is 30.9. The van der Waals surface area contributed by atoms with E-state index in [1.54, 1.807) is 13.1 Å². The van der Waals surface area contributed by atoms with Crippen molar-refractivity contribution in [2.45, 2.75) is 38.5 Å². The molecule has 2 aromatic rings. The van der Waals surface area contributed by atoms with Crippen LogP contribution < -0.4 is 5.32 Å². The summed E-state index contributed by atoms with van der Waals surface area (Å²) in [6.07, 6.45) is 1.48. The van der Waals surface area contributed by atoms with E-state index < -0.39 is 11.6 Å². The summed E-state index contributed by atoms with van der Waals surface area (Å²) in [7, 11) is 0. The predicted octanol–water partition coefficient (Wildman–Crippen LogP) is 2.38. The van der Waals surface area contributed by atoms with E-state index >= 15 is 0 Å². The summed E-state index contributed by atoms with van der Waals surface area (Å²) in [5.74, 6) is -0.214. The maximum Gasteiger partial charge on any atom is 0.253 e. The molecule has 2 amide bonds. The Bertz CT molecular complexity index is 865. The van der Waals surface area contributed by atoms with Crippen LogP contribution in [0.2, 0.25) is 0 Å². The maximum absolute atomic E-state index is 12.7. The second-order valence-electron chi connectivity index (χ2n) is 6.98. The minimum atomic E-state index is -0.607. The first kappa shape index (κ1) is 16.7. The summed E-state index contributed by atoms with van der Waals surface area (Å²) >= 11 is 0. The SMILES string of the molecule is CC(=O)N1Cc2ccccc2C12COC(C(=O)Nc1ccc(C)nc1)C2. The van der Waals surface area contributed by atoms with Crippen molar-refractivity contribution < 1.29 is 14.3 Å². The number of hydrogen-bond acceptors (Lipinski definition) is 4. The molecule has 0 saturated carbocycles. The van der Waals surface area contributed by atoms with E-state index in [1.807, 2.05) is 48.2 Å². The van der Waals surface area contributed by atoms with Crippen molar-refractivity contribution >= 4 is 17.5 Å². The number of ether oxygens (including phenoxy) is 1. The minimum Gasteiger partial charge on any atom is -0.365 e. The van der Waals surface area contributed by atoms with Crippen molar-refractivity contribution in [2.75, 3.05) is 11.9 Å².